The van der Waals surface area contributed by atoms with Crippen molar-refractivity contribution in [3.8, 4) is 0 Å². The second kappa shape index (κ2) is 4.02. The smallest absolute Gasteiger partial charge is 0.341 e. The number of nitrogens with two attached hydrogens (primary N) is 1. The summed E-state index contributed by atoms with van der Waals surface area (Å²) in [6.45, 7) is 3.81. The van der Waals surface area contributed by atoms with Crippen LogP contribution in [-0.4, -0.2) is 28.4 Å². The van der Waals surface area contributed by atoms with Crippen LogP contribution in [0.5, 0.6) is 0 Å². The Morgan fingerprint density at radius 2 is 2.27 bits per heavy atom. The molecule has 0 radical (unpaired) electrons. The van der Waals surface area contributed by atoms with Gasteiger partial charge in [0.05, 0.1) is 19.0 Å². The van der Waals surface area contributed by atoms with Gasteiger partial charge >= 0.3 is 5.97 Å². The minimum atomic E-state index is -0.378. The summed E-state index contributed by atoms with van der Waals surface area (Å²) in [5, 5.41) is 4.03. The molecule has 0 unspecified atom stereocenters. The Bertz CT molecular complexity index is 363. The number of carbonyl (C=O) groups is 1. The van der Waals surface area contributed by atoms with E-state index in [1.165, 1.54) is 13.3 Å². The molecule has 0 aromatic carbocycles. The average Bonchev–Trinajstić information content (AvgIpc) is 2.45. The van der Waals surface area contributed by atoms with Crippen molar-refractivity contribution in [3.63, 3.8) is 0 Å². The third kappa shape index (κ3) is 2.79. The third-order valence-electron chi connectivity index (χ3n) is 2.09. The topological polar surface area (TPSA) is 70.1 Å². The summed E-state index contributed by atoms with van der Waals surface area (Å²) in [5.74, 6) is -0.373. The number of aromatic nitrogens is 2. The average molecular weight is 211 g/mol. The van der Waals surface area contributed by atoms with Gasteiger partial charge in [-0.2, -0.15) is 5.10 Å². The fraction of sp³-hybridized carbons (Fsp3) is 0.600. The Labute approximate surface area is 89.2 Å². The minimum absolute atomic E-state index is 0.373. The van der Waals surface area contributed by atoms with Gasteiger partial charge in [0.15, 0.2) is 0 Å². The first-order valence-corrected chi connectivity index (χ1v) is 4.73. The Morgan fingerprint density at radius 1 is 1.67 bits per heavy atom. The van der Waals surface area contributed by atoms with E-state index in [4.69, 9.17) is 5.73 Å². The zero-order valence-electron chi connectivity index (χ0n) is 9.57. The molecule has 1 aromatic heterocycles. The molecule has 0 amide bonds. The molecule has 1 rings (SSSR count). The van der Waals surface area contributed by atoms with E-state index < -0.39 is 0 Å². The predicted molar refractivity (Wildman–Crippen MR) is 56.5 cm³/mol. The van der Waals surface area contributed by atoms with Gasteiger partial charge in [-0.15, -0.1) is 0 Å². The lowest BCUT2D eigenvalue weighted by Crippen LogP contribution is -2.35. The normalized spacial score (nSPS) is 11.5. The van der Waals surface area contributed by atoms with E-state index in [0.717, 1.165) is 5.69 Å². The van der Waals surface area contributed by atoms with Gasteiger partial charge in [0.25, 0.3) is 0 Å². The molecule has 5 nitrogen and oxygen atoms in total. The zero-order chi connectivity index (χ0) is 11.6. The van der Waals surface area contributed by atoms with Crippen LogP contribution in [-0.2, 0) is 18.2 Å². The minimum Gasteiger partial charge on any atom is -0.465 e. The molecule has 0 aliphatic heterocycles. The van der Waals surface area contributed by atoms with Gasteiger partial charge in [0.2, 0.25) is 0 Å². The molecule has 0 spiro atoms. The van der Waals surface area contributed by atoms with Crippen LogP contribution in [0.4, 0.5) is 0 Å². The van der Waals surface area contributed by atoms with Crippen LogP contribution in [0.25, 0.3) is 0 Å². The highest BCUT2D eigenvalue weighted by Crippen LogP contribution is 2.15. The molecule has 1 heterocycles. The highest BCUT2D eigenvalue weighted by Gasteiger charge is 2.21. The van der Waals surface area contributed by atoms with E-state index in [9.17, 15) is 4.79 Å². The maximum Gasteiger partial charge on any atom is 0.341 e. The van der Waals surface area contributed by atoms with Crippen molar-refractivity contribution in [2.75, 3.05) is 7.11 Å². The van der Waals surface area contributed by atoms with Crippen LogP contribution in [0.2, 0.25) is 0 Å². The van der Waals surface area contributed by atoms with Crippen molar-refractivity contribution < 1.29 is 9.53 Å². The molecule has 0 atom stereocenters. The Kier molecular flexibility index (Phi) is 3.14. The molecule has 84 valence electrons. The van der Waals surface area contributed by atoms with Crippen LogP contribution in [0.15, 0.2) is 6.20 Å². The number of esters is 1. The summed E-state index contributed by atoms with van der Waals surface area (Å²) in [7, 11) is 3.14. The van der Waals surface area contributed by atoms with Crippen molar-refractivity contribution in [1.29, 1.82) is 0 Å². The second-order valence-corrected chi connectivity index (χ2v) is 4.29. The molecule has 15 heavy (non-hydrogen) atoms. The zero-order valence-corrected chi connectivity index (χ0v) is 9.57. The quantitative estimate of drug-likeness (QED) is 0.738. The standard InChI is InChI=1S/C10H17N3O2/c1-10(2,11)5-8-7(9(14)15-4)6-12-13(8)3/h6H,5,11H2,1-4H3. The van der Waals surface area contributed by atoms with E-state index in [0.29, 0.717) is 12.0 Å². The fourth-order valence-corrected chi connectivity index (χ4v) is 1.38. The molecule has 0 aliphatic rings. The summed E-state index contributed by atoms with van der Waals surface area (Å²) in [5.41, 5.74) is 6.82. The van der Waals surface area contributed by atoms with Gasteiger partial charge < -0.3 is 10.5 Å². The monoisotopic (exact) mass is 211 g/mol. The van der Waals surface area contributed by atoms with Crippen molar-refractivity contribution in [2.24, 2.45) is 12.8 Å². The summed E-state index contributed by atoms with van der Waals surface area (Å²) in [4.78, 5) is 11.4. The lowest BCUT2D eigenvalue weighted by Gasteiger charge is -2.18. The van der Waals surface area contributed by atoms with E-state index in [-0.39, 0.29) is 11.5 Å². The largest absolute Gasteiger partial charge is 0.465 e. The molecule has 0 saturated heterocycles. The van der Waals surface area contributed by atoms with Gasteiger partial charge in [-0.1, -0.05) is 0 Å². The van der Waals surface area contributed by atoms with E-state index in [1.54, 1.807) is 11.7 Å². The number of methoxy groups -OCH3 is 1. The van der Waals surface area contributed by atoms with Crippen molar-refractivity contribution >= 4 is 5.97 Å². The maximum absolute atomic E-state index is 11.4. The molecular formula is C10H17N3O2. The SMILES string of the molecule is COC(=O)c1cnn(C)c1CC(C)(C)N. The Balaban J connectivity index is 3.05. The van der Waals surface area contributed by atoms with Crippen LogP contribution >= 0.6 is 0 Å². The third-order valence-corrected chi connectivity index (χ3v) is 2.09. The van der Waals surface area contributed by atoms with Gasteiger partial charge in [0, 0.05) is 19.0 Å². The number of hydrogen-bond acceptors (Lipinski definition) is 4. The van der Waals surface area contributed by atoms with Crippen LogP contribution in [0.3, 0.4) is 0 Å². The van der Waals surface area contributed by atoms with Crippen LogP contribution in [0.1, 0.15) is 29.9 Å². The Hall–Kier alpha value is -1.36. The van der Waals surface area contributed by atoms with Gasteiger partial charge in [0.1, 0.15) is 5.56 Å². The maximum atomic E-state index is 11.4. The predicted octanol–water partition coefficient (Wildman–Crippen LogP) is 0.487. The first-order chi connectivity index (χ1) is 6.85. The molecule has 0 aliphatic carbocycles. The fourth-order valence-electron chi connectivity index (χ4n) is 1.38. The number of hydrogen-bond donors (Lipinski definition) is 1. The van der Waals surface area contributed by atoms with E-state index in [2.05, 4.69) is 9.84 Å². The molecule has 0 saturated carbocycles. The second-order valence-electron chi connectivity index (χ2n) is 4.29. The summed E-state index contributed by atoms with van der Waals surface area (Å²) < 4.78 is 6.33. The van der Waals surface area contributed by atoms with Crippen molar-refractivity contribution in [3.05, 3.63) is 17.5 Å². The highest BCUT2D eigenvalue weighted by molar-refractivity contribution is 5.90. The first-order valence-electron chi connectivity index (χ1n) is 4.73. The van der Waals surface area contributed by atoms with Crippen LogP contribution in [0, 0.1) is 0 Å². The Morgan fingerprint density at radius 3 is 2.73 bits per heavy atom. The number of ether oxygens (including phenoxy) is 1. The van der Waals surface area contributed by atoms with E-state index >= 15 is 0 Å². The number of nitrogens with zero attached hydrogens (tertiary/aromatic N) is 2. The summed E-state index contributed by atoms with van der Waals surface area (Å²) in [6, 6.07) is 0. The molecule has 0 fully saturated rings. The molecular weight excluding hydrogens is 194 g/mol. The first kappa shape index (κ1) is 11.7. The van der Waals surface area contributed by atoms with E-state index in [1.807, 2.05) is 13.8 Å². The number of rotatable bonds is 3. The molecule has 1 aromatic rings. The van der Waals surface area contributed by atoms with Crippen LogP contribution < -0.4 is 5.73 Å². The van der Waals surface area contributed by atoms with Crippen molar-refractivity contribution in [1.82, 2.24) is 9.78 Å². The number of aryl methyl sites for hydroxylation is 1. The lowest BCUT2D eigenvalue weighted by atomic mass is 9.98. The van der Waals surface area contributed by atoms with Gasteiger partial charge in [-0.25, -0.2) is 4.79 Å². The molecule has 0 bridgehead atoms. The lowest BCUT2D eigenvalue weighted by molar-refractivity contribution is 0.0599. The number of carbonyl (C=O) groups excluding carboxylic acids is 1. The van der Waals surface area contributed by atoms with Crippen molar-refractivity contribution in [2.45, 2.75) is 25.8 Å². The summed E-state index contributed by atoms with van der Waals surface area (Å²) >= 11 is 0. The molecule has 5 heteroatoms. The van der Waals surface area contributed by atoms with Gasteiger partial charge in [-0.05, 0) is 13.8 Å². The molecule has 2 N–H and O–H groups in total. The highest BCUT2D eigenvalue weighted by atomic mass is 16.5. The summed E-state index contributed by atoms with van der Waals surface area (Å²) in [6.07, 6.45) is 2.08. The van der Waals surface area contributed by atoms with Gasteiger partial charge in [-0.3, -0.25) is 4.68 Å².